The van der Waals surface area contributed by atoms with E-state index in [-0.39, 0.29) is 17.1 Å². The summed E-state index contributed by atoms with van der Waals surface area (Å²) in [5.41, 5.74) is 1.51. The lowest BCUT2D eigenvalue weighted by Gasteiger charge is -2.10. The molecule has 0 radical (unpaired) electrons. The predicted molar refractivity (Wildman–Crippen MR) is 104 cm³/mol. The van der Waals surface area contributed by atoms with Crippen LogP contribution in [0.25, 0.3) is 10.2 Å². The van der Waals surface area contributed by atoms with Gasteiger partial charge in [-0.05, 0) is 37.3 Å². The third-order valence-electron chi connectivity index (χ3n) is 3.36. The molecule has 2 aromatic carbocycles. The molecule has 1 heterocycles. The molecule has 3 rings (SSSR count). The highest BCUT2D eigenvalue weighted by atomic mass is 32.2. The number of anilines is 2. The average molecular weight is 371 g/mol. The molecule has 1 unspecified atom stereocenters. The van der Waals surface area contributed by atoms with Gasteiger partial charge in [0.1, 0.15) is 0 Å². The SMILES string of the molecule is CC(=O)Nc1ccc2nc(NC(=O)C(C)Sc3ccccc3)sc2c1. The van der Waals surface area contributed by atoms with E-state index in [0.29, 0.717) is 5.13 Å². The van der Waals surface area contributed by atoms with Gasteiger partial charge < -0.3 is 10.6 Å². The van der Waals surface area contributed by atoms with Crippen LogP contribution in [0, 0.1) is 0 Å². The highest BCUT2D eigenvalue weighted by molar-refractivity contribution is 8.00. The molecule has 3 aromatic rings. The van der Waals surface area contributed by atoms with Crippen molar-refractivity contribution in [1.82, 2.24) is 4.98 Å². The fraction of sp³-hybridized carbons (Fsp3) is 0.167. The van der Waals surface area contributed by atoms with Gasteiger partial charge >= 0.3 is 0 Å². The van der Waals surface area contributed by atoms with Crippen molar-refractivity contribution in [3.05, 3.63) is 48.5 Å². The van der Waals surface area contributed by atoms with E-state index in [1.165, 1.54) is 30.0 Å². The Morgan fingerprint density at radius 1 is 1.12 bits per heavy atom. The number of thiazole rings is 1. The number of hydrogen-bond donors (Lipinski definition) is 2. The molecule has 0 spiro atoms. The van der Waals surface area contributed by atoms with Gasteiger partial charge in [0, 0.05) is 17.5 Å². The lowest BCUT2D eigenvalue weighted by molar-refractivity contribution is -0.115. The first-order chi connectivity index (χ1) is 12.0. The summed E-state index contributed by atoms with van der Waals surface area (Å²) in [5.74, 6) is -0.209. The van der Waals surface area contributed by atoms with Gasteiger partial charge in [0.05, 0.1) is 15.5 Å². The number of thioether (sulfide) groups is 1. The molecular weight excluding hydrogens is 354 g/mol. The second kappa shape index (κ2) is 7.67. The first-order valence-electron chi connectivity index (χ1n) is 7.72. The lowest BCUT2D eigenvalue weighted by atomic mass is 10.3. The number of rotatable bonds is 5. The zero-order valence-corrected chi connectivity index (χ0v) is 15.4. The van der Waals surface area contributed by atoms with Crippen molar-refractivity contribution < 1.29 is 9.59 Å². The van der Waals surface area contributed by atoms with Crippen molar-refractivity contribution in [2.45, 2.75) is 24.0 Å². The molecule has 5 nitrogen and oxygen atoms in total. The Morgan fingerprint density at radius 3 is 2.60 bits per heavy atom. The molecule has 2 N–H and O–H groups in total. The molecule has 0 fully saturated rings. The lowest BCUT2D eigenvalue weighted by Crippen LogP contribution is -2.22. The molecule has 0 saturated heterocycles. The van der Waals surface area contributed by atoms with E-state index in [0.717, 1.165) is 20.8 Å². The van der Waals surface area contributed by atoms with Gasteiger partial charge in [-0.15, -0.1) is 11.8 Å². The minimum absolute atomic E-state index is 0.0880. The number of nitrogens with zero attached hydrogens (tertiary/aromatic N) is 1. The topological polar surface area (TPSA) is 71.1 Å². The summed E-state index contributed by atoms with van der Waals surface area (Å²) in [6.07, 6.45) is 0. The Bertz CT molecular complexity index is 909. The van der Waals surface area contributed by atoms with Crippen LogP contribution in [0.2, 0.25) is 0 Å². The van der Waals surface area contributed by atoms with Crippen molar-refractivity contribution in [3.63, 3.8) is 0 Å². The maximum Gasteiger partial charge on any atom is 0.239 e. The first-order valence-corrected chi connectivity index (χ1v) is 9.41. The van der Waals surface area contributed by atoms with Gasteiger partial charge in [0.2, 0.25) is 11.8 Å². The maximum absolute atomic E-state index is 12.4. The van der Waals surface area contributed by atoms with E-state index >= 15 is 0 Å². The molecule has 0 saturated carbocycles. The number of benzene rings is 2. The van der Waals surface area contributed by atoms with Crippen LogP contribution in [0.5, 0.6) is 0 Å². The Kier molecular flexibility index (Phi) is 5.35. The average Bonchev–Trinajstić information content (AvgIpc) is 2.96. The molecule has 1 atom stereocenters. The van der Waals surface area contributed by atoms with Crippen LogP contribution in [-0.4, -0.2) is 22.0 Å². The van der Waals surface area contributed by atoms with Crippen LogP contribution in [-0.2, 0) is 9.59 Å². The van der Waals surface area contributed by atoms with Crippen molar-refractivity contribution >= 4 is 55.9 Å². The molecule has 0 aliphatic heterocycles. The second-order valence-corrected chi connectivity index (χ2v) is 7.89. The molecule has 0 bridgehead atoms. The van der Waals surface area contributed by atoms with Gasteiger partial charge in [-0.25, -0.2) is 4.98 Å². The van der Waals surface area contributed by atoms with Gasteiger partial charge in [0.25, 0.3) is 0 Å². The summed E-state index contributed by atoms with van der Waals surface area (Å²) in [5, 5.41) is 5.94. The summed E-state index contributed by atoms with van der Waals surface area (Å²) in [4.78, 5) is 29.0. The highest BCUT2D eigenvalue weighted by Crippen LogP contribution is 2.29. The molecule has 0 aliphatic carbocycles. The smallest absolute Gasteiger partial charge is 0.239 e. The number of hydrogen-bond acceptors (Lipinski definition) is 5. The van der Waals surface area contributed by atoms with Gasteiger partial charge in [-0.1, -0.05) is 29.5 Å². The number of carbonyl (C=O) groups is 2. The Balaban J connectivity index is 1.69. The van der Waals surface area contributed by atoms with Crippen LogP contribution in [0.4, 0.5) is 10.8 Å². The zero-order chi connectivity index (χ0) is 17.8. The van der Waals surface area contributed by atoms with E-state index < -0.39 is 0 Å². The maximum atomic E-state index is 12.4. The van der Waals surface area contributed by atoms with Crippen molar-refractivity contribution in [3.8, 4) is 0 Å². The van der Waals surface area contributed by atoms with Gasteiger partial charge in [-0.2, -0.15) is 0 Å². The van der Waals surface area contributed by atoms with E-state index in [1.807, 2.05) is 49.4 Å². The number of amides is 2. The van der Waals surface area contributed by atoms with Crippen molar-refractivity contribution in [1.29, 1.82) is 0 Å². The van der Waals surface area contributed by atoms with Crippen LogP contribution >= 0.6 is 23.1 Å². The molecule has 25 heavy (non-hydrogen) atoms. The first kappa shape index (κ1) is 17.4. The quantitative estimate of drug-likeness (QED) is 0.653. The highest BCUT2D eigenvalue weighted by Gasteiger charge is 2.16. The van der Waals surface area contributed by atoms with Gasteiger partial charge in [-0.3, -0.25) is 9.59 Å². The van der Waals surface area contributed by atoms with Crippen LogP contribution in [0.1, 0.15) is 13.8 Å². The van der Waals surface area contributed by atoms with E-state index in [4.69, 9.17) is 0 Å². The van der Waals surface area contributed by atoms with Crippen LogP contribution in [0.3, 0.4) is 0 Å². The summed E-state index contributed by atoms with van der Waals surface area (Å²) >= 11 is 2.89. The third-order valence-corrected chi connectivity index (χ3v) is 5.41. The molecule has 2 amide bonds. The Morgan fingerprint density at radius 2 is 1.88 bits per heavy atom. The molecule has 0 aliphatic rings. The number of carbonyl (C=O) groups excluding carboxylic acids is 2. The monoisotopic (exact) mass is 371 g/mol. The fourth-order valence-corrected chi connectivity index (χ4v) is 4.02. The largest absolute Gasteiger partial charge is 0.326 e. The molecule has 7 heteroatoms. The normalized spacial score (nSPS) is 11.9. The summed E-state index contributed by atoms with van der Waals surface area (Å²) < 4.78 is 0.907. The summed E-state index contributed by atoms with van der Waals surface area (Å²) in [7, 11) is 0. The number of nitrogens with one attached hydrogen (secondary N) is 2. The van der Waals surface area contributed by atoms with E-state index in [2.05, 4.69) is 15.6 Å². The molecule has 1 aromatic heterocycles. The van der Waals surface area contributed by atoms with Gasteiger partial charge in [0.15, 0.2) is 5.13 Å². The van der Waals surface area contributed by atoms with Crippen LogP contribution < -0.4 is 10.6 Å². The Hall–Kier alpha value is -2.38. The molecular formula is C18H17N3O2S2. The summed E-state index contributed by atoms with van der Waals surface area (Å²) in [6, 6.07) is 15.3. The number of fused-ring (bicyclic) bond motifs is 1. The predicted octanol–water partition coefficient (Wildman–Crippen LogP) is 4.37. The van der Waals surface area contributed by atoms with E-state index in [1.54, 1.807) is 6.07 Å². The molecule has 128 valence electrons. The third kappa shape index (κ3) is 4.58. The van der Waals surface area contributed by atoms with Crippen molar-refractivity contribution in [2.24, 2.45) is 0 Å². The second-order valence-electron chi connectivity index (χ2n) is 5.45. The number of aromatic nitrogens is 1. The minimum atomic E-state index is -0.232. The Labute approximate surface area is 153 Å². The van der Waals surface area contributed by atoms with E-state index in [9.17, 15) is 9.59 Å². The minimum Gasteiger partial charge on any atom is -0.326 e. The van der Waals surface area contributed by atoms with Crippen molar-refractivity contribution in [2.75, 3.05) is 10.6 Å². The fourth-order valence-electron chi connectivity index (χ4n) is 2.22. The van der Waals surface area contributed by atoms with Crippen LogP contribution in [0.15, 0.2) is 53.4 Å². The summed E-state index contributed by atoms with van der Waals surface area (Å²) in [6.45, 7) is 3.34. The zero-order valence-electron chi connectivity index (χ0n) is 13.8. The standard InChI is InChI=1S/C18H17N3O2S2/c1-11(24-14-6-4-3-5-7-14)17(23)21-18-20-15-9-8-13(19-12(2)22)10-16(15)25-18/h3-11H,1-2H3,(H,19,22)(H,20,21,23).